The fourth-order valence-electron chi connectivity index (χ4n) is 2.97. The summed E-state index contributed by atoms with van der Waals surface area (Å²) in [6.45, 7) is 0.533. The number of para-hydroxylation sites is 1. The summed E-state index contributed by atoms with van der Waals surface area (Å²) in [5.41, 5.74) is 7.98. The molecule has 1 amide bonds. The largest absolute Gasteiger partial charge is 0.384 e. The quantitative estimate of drug-likeness (QED) is 0.493. The number of amides is 1. The highest BCUT2D eigenvalue weighted by Crippen LogP contribution is 2.20. The van der Waals surface area contributed by atoms with Crippen molar-refractivity contribution in [1.82, 2.24) is 9.97 Å². The maximum absolute atomic E-state index is 12.8. The van der Waals surface area contributed by atoms with Crippen LogP contribution in [0.1, 0.15) is 15.9 Å². The van der Waals surface area contributed by atoms with Gasteiger partial charge in [-0.15, -0.1) is 0 Å². The maximum atomic E-state index is 12.8. The minimum absolute atomic E-state index is 0.222. The predicted molar refractivity (Wildman–Crippen MR) is 112 cm³/mol. The molecule has 0 unspecified atom stereocenters. The molecular formula is C22H19N5O. The van der Waals surface area contributed by atoms with Gasteiger partial charge in [-0.05, 0) is 41.3 Å². The lowest BCUT2D eigenvalue weighted by atomic mass is 10.1. The van der Waals surface area contributed by atoms with Crippen molar-refractivity contribution < 1.29 is 4.79 Å². The number of anilines is 3. The molecule has 0 aliphatic heterocycles. The van der Waals surface area contributed by atoms with E-state index in [0.717, 1.165) is 22.0 Å². The van der Waals surface area contributed by atoms with E-state index in [-0.39, 0.29) is 5.91 Å². The number of fused-ring (bicyclic) bond motifs is 1. The number of hydrogen-bond acceptors (Lipinski definition) is 5. The van der Waals surface area contributed by atoms with Crippen molar-refractivity contribution in [2.24, 2.45) is 0 Å². The second kappa shape index (κ2) is 7.75. The van der Waals surface area contributed by atoms with Gasteiger partial charge < -0.3 is 16.4 Å². The van der Waals surface area contributed by atoms with Gasteiger partial charge in [0.1, 0.15) is 11.6 Å². The van der Waals surface area contributed by atoms with Crippen LogP contribution in [0.4, 0.5) is 17.3 Å². The van der Waals surface area contributed by atoms with Crippen LogP contribution in [0.25, 0.3) is 10.8 Å². The Hall–Kier alpha value is -3.93. The molecule has 28 heavy (non-hydrogen) atoms. The summed E-state index contributed by atoms with van der Waals surface area (Å²) in [6, 6.07) is 20.8. The Bertz CT molecular complexity index is 1140. The number of carbonyl (C=O) groups is 1. The zero-order valence-electron chi connectivity index (χ0n) is 15.1. The molecule has 6 heteroatoms. The van der Waals surface area contributed by atoms with E-state index >= 15 is 0 Å². The summed E-state index contributed by atoms with van der Waals surface area (Å²) in [7, 11) is 0. The van der Waals surface area contributed by atoms with E-state index in [0.29, 0.717) is 23.7 Å². The van der Waals surface area contributed by atoms with Gasteiger partial charge in [0.05, 0.1) is 5.56 Å². The number of benzene rings is 2. The van der Waals surface area contributed by atoms with Crippen molar-refractivity contribution in [1.29, 1.82) is 0 Å². The molecule has 0 radical (unpaired) electrons. The zero-order chi connectivity index (χ0) is 19.3. The lowest BCUT2D eigenvalue weighted by molar-refractivity contribution is 0.102. The van der Waals surface area contributed by atoms with Crippen molar-refractivity contribution in [3.05, 3.63) is 90.3 Å². The van der Waals surface area contributed by atoms with Gasteiger partial charge in [-0.25, -0.2) is 9.97 Å². The van der Waals surface area contributed by atoms with Crippen LogP contribution in [0.3, 0.4) is 0 Å². The number of rotatable bonds is 5. The highest BCUT2D eigenvalue weighted by atomic mass is 16.1. The summed E-state index contributed by atoms with van der Waals surface area (Å²) in [4.78, 5) is 21.1. The van der Waals surface area contributed by atoms with E-state index in [1.807, 2.05) is 54.6 Å². The van der Waals surface area contributed by atoms with Crippen LogP contribution in [-0.4, -0.2) is 15.9 Å². The van der Waals surface area contributed by atoms with Crippen LogP contribution in [0.5, 0.6) is 0 Å². The van der Waals surface area contributed by atoms with Crippen LogP contribution in [0.2, 0.25) is 0 Å². The minimum Gasteiger partial charge on any atom is -0.384 e. The molecule has 2 heterocycles. The third kappa shape index (κ3) is 3.91. The van der Waals surface area contributed by atoms with Crippen LogP contribution >= 0.6 is 0 Å². The van der Waals surface area contributed by atoms with E-state index in [1.54, 1.807) is 24.5 Å². The maximum Gasteiger partial charge on any atom is 0.258 e. The first-order valence-electron chi connectivity index (χ1n) is 8.88. The van der Waals surface area contributed by atoms with Gasteiger partial charge in [-0.1, -0.05) is 36.4 Å². The zero-order valence-corrected chi connectivity index (χ0v) is 15.1. The van der Waals surface area contributed by atoms with Gasteiger partial charge in [-0.3, -0.25) is 4.79 Å². The van der Waals surface area contributed by atoms with Gasteiger partial charge in [0.25, 0.3) is 5.91 Å². The number of carbonyl (C=O) groups excluding carboxylic acids is 1. The Morgan fingerprint density at radius 2 is 1.71 bits per heavy atom. The number of nitrogens with two attached hydrogens (primary N) is 1. The molecule has 0 fully saturated rings. The second-order valence-electron chi connectivity index (χ2n) is 6.36. The molecule has 0 spiro atoms. The van der Waals surface area contributed by atoms with Crippen LogP contribution in [0.15, 0.2) is 79.1 Å². The van der Waals surface area contributed by atoms with Crippen LogP contribution < -0.4 is 16.4 Å². The van der Waals surface area contributed by atoms with Gasteiger partial charge in [0, 0.05) is 30.0 Å². The lowest BCUT2D eigenvalue weighted by Crippen LogP contribution is -2.15. The molecule has 2 aromatic carbocycles. The van der Waals surface area contributed by atoms with E-state index in [4.69, 9.17) is 5.73 Å². The SMILES string of the molecule is Nc1cc(CNc2ccccc2C(=O)Nc2cc3ccccc3cn2)ccn1. The van der Waals surface area contributed by atoms with E-state index in [9.17, 15) is 4.79 Å². The summed E-state index contributed by atoms with van der Waals surface area (Å²) < 4.78 is 0. The summed E-state index contributed by atoms with van der Waals surface area (Å²) in [5.74, 6) is 0.758. The highest BCUT2D eigenvalue weighted by molar-refractivity contribution is 6.08. The Labute approximate surface area is 162 Å². The molecule has 6 nitrogen and oxygen atoms in total. The minimum atomic E-state index is -0.222. The van der Waals surface area contributed by atoms with Gasteiger partial charge in [-0.2, -0.15) is 0 Å². The van der Waals surface area contributed by atoms with E-state index < -0.39 is 0 Å². The summed E-state index contributed by atoms with van der Waals surface area (Å²) in [5, 5.41) is 8.22. The Kier molecular flexibility index (Phi) is 4.84. The van der Waals surface area contributed by atoms with Crippen molar-refractivity contribution in [2.45, 2.75) is 6.54 Å². The van der Waals surface area contributed by atoms with Gasteiger partial charge in [0.2, 0.25) is 0 Å². The van der Waals surface area contributed by atoms with Gasteiger partial charge in [0.15, 0.2) is 0 Å². The molecule has 0 saturated heterocycles. The standard InChI is InChI=1S/C22H19N5O/c23-20-11-15(9-10-24-20)13-25-19-8-4-3-7-18(19)22(28)27-21-12-16-5-1-2-6-17(16)14-26-21/h1-12,14,25H,13H2,(H2,23,24)(H,26,27,28). The summed E-state index contributed by atoms with van der Waals surface area (Å²) in [6.07, 6.45) is 3.42. The van der Waals surface area contributed by atoms with Crippen LogP contribution in [0, 0.1) is 0 Å². The number of nitrogens with zero attached hydrogens (tertiary/aromatic N) is 2. The highest BCUT2D eigenvalue weighted by Gasteiger charge is 2.12. The van der Waals surface area contributed by atoms with Crippen molar-refractivity contribution in [3.8, 4) is 0 Å². The Morgan fingerprint density at radius 1 is 0.929 bits per heavy atom. The fraction of sp³-hybridized carbons (Fsp3) is 0.0455. The smallest absolute Gasteiger partial charge is 0.258 e. The molecule has 0 bridgehead atoms. The molecule has 2 aromatic heterocycles. The predicted octanol–water partition coefficient (Wildman–Crippen LogP) is 4.08. The average molecular weight is 369 g/mol. The number of nitrogens with one attached hydrogen (secondary N) is 2. The normalized spacial score (nSPS) is 10.6. The van der Waals surface area contributed by atoms with E-state index in [1.165, 1.54) is 0 Å². The molecular weight excluding hydrogens is 350 g/mol. The Balaban J connectivity index is 1.52. The number of nitrogen functional groups attached to an aromatic ring is 1. The number of aromatic nitrogens is 2. The Morgan fingerprint density at radius 3 is 2.57 bits per heavy atom. The monoisotopic (exact) mass is 369 g/mol. The molecule has 0 aliphatic carbocycles. The first kappa shape index (κ1) is 17.5. The molecule has 4 aromatic rings. The lowest BCUT2D eigenvalue weighted by Gasteiger charge is -2.12. The van der Waals surface area contributed by atoms with Crippen molar-refractivity contribution in [2.75, 3.05) is 16.4 Å². The third-order valence-electron chi connectivity index (χ3n) is 4.37. The van der Waals surface area contributed by atoms with Crippen molar-refractivity contribution in [3.63, 3.8) is 0 Å². The fourth-order valence-corrected chi connectivity index (χ4v) is 2.97. The molecule has 138 valence electrons. The number of pyridine rings is 2. The molecule has 0 aliphatic rings. The average Bonchev–Trinajstić information content (AvgIpc) is 2.72. The summed E-state index contributed by atoms with van der Waals surface area (Å²) >= 11 is 0. The molecule has 0 saturated carbocycles. The molecule has 0 atom stereocenters. The first-order valence-corrected chi connectivity index (χ1v) is 8.88. The second-order valence-corrected chi connectivity index (χ2v) is 6.36. The first-order chi connectivity index (χ1) is 13.7. The van der Waals surface area contributed by atoms with Crippen LogP contribution in [-0.2, 0) is 6.54 Å². The topological polar surface area (TPSA) is 92.9 Å². The molecule has 4 rings (SSSR count). The van der Waals surface area contributed by atoms with Crippen molar-refractivity contribution >= 4 is 34.0 Å². The van der Waals surface area contributed by atoms with E-state index in [2.05, 4.69) is 20.6 Å². The number of hydrogen-bond donors (Lipinski definition) is 3. The van der Waals surface area contributed by atoms with Gasteiger partial charge >= 0.3 is 0 Å². The third-order valence-corrected chi connectivity index (χ3v) is 4.37. The molecule has 4 N–H and O–H groups in total.